The SMILES string of the molecule is CCC(=O)O[C@@H]1CCN2CC=C(c3ccc(F)cc3)[C@H]1C2. The summed E-state index contributed by atoms with van der Waals surface area (Å²) in [6, 6.07) is 6.59. The molecule has 1 fully saturated rings. The maximum Gasteiger partial charge on any atom is 0.305 e. The number of fused-ring (bicyclic) bond motifs is 2. The molecule has 3 nitrogen and oxygen atoms in total. The Labute approximate surface area is 124 Å². The average Bonchev–Trinajstić information content (AvgIpc) is 2.51. The van der Waals surface area contributed by atoms with E-state index >= 15 is 0 Å². The molecule has 0 aliphatic carbocycles. The molecule has 1 aromatic rings. The Morgan fingerprint density at radius 2 is 2.14 bits per heavy atom. The van der Waals surface area contributed by atoms with Crippen molar-refractivity contribution in [1.29, 1.82) is 0 Å². The first-order valence-electron chi connectivity index (χ1n) is 7.55. The van der Waals surface area contributed by atoms with Crippen molar-refractivity contribution in [3.05, 3.63) is 41.7 Å². The van der Waals surface area contributed by atoms with Crippen LogP contribution < -0.4 is 0 Å². The highest BCUT2D eigenvalue weighted by Gasteiger charge is 2.36. The standard InChI is InChI=1S/C17H20FNO2/c1-2-17(20)21-16-8-10-19-9-7-14(15(16)11-19)12-3-5-13(18)6-4-12/h3-7,15-16H,2,8-11H2,1H3/t15-,16-/m1/s1. The van der Waals surface area contributed by atoms with Gasteiger partial charge in [-0.2, -0.15) is 0 Å². The van der Waals surface area contributed by atoms with Crippen molar-refractivity contribution in [3.63, 3.8) is 0 Å². The fraction of sp³-hybridized carbons (Fsp3) is 0.471. The summed E-state index contributed by atoms with van der Waals surface area (Å²) in [5.74, 6) is -0.180. The molecule has 2 heterocycles. The van der Waals surface area contributed by atoms with Crippen LogP contribution >= 0.6 is 0 Å². The summed E-state index contributed by atoms with van der Waals surface area (Å²) in [5, 5.41) is 0. The normalized spacial score (nSPS) is 27.9. The first kappa shape index (κ1) is 14.3. The lowest BCUT2D eigenvalue weighted by molar-refractivity contribution is -0.152. The molecule has 0 radical (unpaired) electrons. The predicted molar refractivity (Wildman–Crippen MR) is 79.1 cm³/mol. The molecule has 3 rings (SSSR count). The lowest BCUT2D eigenvalue weighted by atomic mass is 9.81. The highest BCUT2D eigenvalue weighted by atomic mass is 19.1. The molecule has 2 bridgehead atoms. The molecule has 0 N–H and O–H groups in total. The number of halogens is 1. The third kappa shape index (κ3) is 3.00. The molecule has 21 heavy (non-hydrogen) atoms. The van der Waals surface area contributed by atoms with E-state index < -0.39 is 0 Å². The second-order valence-electron chi connectivity index (χ2n) is 5.70. The van der Waals surface area contributed by atoms with Gasteiger partial charge in [-0.05, 0) is 29.7 Å². The third-order valence-corrected chi connectivity index (χ3v) is 4.35. The van der Waals surface area contributed by atoms with Gasteiger partial charge in [-0.1, -0.05) is 25.1 Å². The molecule has 0 aromatic heterocycles. The van der Waals surface area contributed by atoms with Crippen LogP contribution in [0, 0.1) is 11.7 Å². The van der Waals surface area contributed by atoms with Gasteiger partial charge >= 0.3 is 5.97 Å². The van der Waals surface area contributed by atoms with Gasteiger partial charge in [0.05, 0.1) is 0 Å². The van der Waals surface area contributed by atoms with Crippen LogP contribution in [0.2, 0.25) is 0 Å². The Morgan fingerprint density at radius 3 is 2.86 bits per heavy atom. The van der Waals surface area contributed by atoms with E-state index in [1.54, 1.807) is 0 Å². The highest BCUT2D eigenvalue weighted by Crippen LogP contribution is 2.36. The van der Waals surface area contributed by atoms with Crippen LogP contribution in [0.15, 0.2) is 30.3 Å². The molecule has 112 valence electrons. The molecule has 3 atom stereocenters. The number of esters is 1. The van der Waals surface area contributed by atoms with Crippen LogP contribution in [0.3, 0.4) is 0 Å². The van der Waals surface area contributed by atoms with Gasteiger partial charge in [-0.3, -0.25) is 9.69 Å². The van der Waals surface area contributed by atoms with Gasteiger partial charge in [-0.15, -0.1) is 0 Å². The van der Waals surface area contributed by atoms with Gasteiger partial charge in [0.1, 0.15) is 11.9 Å². The molecule has 0 spiro atoms. The Kier molecular flexibility index (Phi) is 4.06. The van der Waals surface area contributed by atoms with E-state index in [-0.39, 0.29) is 23.8 Å². The van der Waals surface area contributed by atoms with Crippen LogP contribution in [0.4, 0.5) is 4.39 Å². The van der Waals surface area contributed by atoms with E-state index in [1.165, 1.54) is 17.7 Å². The second-order valence-corrected chi connectivity index (χ2v) is 5.70. The average molecular weight is 289 g/mol. The van der Waals surface area contributed by atoms with E-state index in [1.807, 2.05) is 19.1 Å². The molecule has 1 aromatic carbocycles. The van der Waals surface area contributed by atoms with Crippen LogP contribution in [0.25, 0.3) is 5.57 Å². The largest absolute Gasteiger partial charge is 0.462 e. The number of ether oxygens (including phenoxy) is 1. The topological polar surface area (TPSA) is 29.5 Å². The van der Waals surface area contributed by atoms with E-state index in [0.717, 1.165) is 31.6 Å². The number of rotatable bonds is 3. The molecular formula is C17H20FNO2. The van der Waals surface area contributed by atoms with Gasteiger partial charge in [0.25, 0.3) is 0 Å². The first-order chi connectivity index (χ1) is 10.2. The number of hydrogen-bond acceptors (Lipinski definition) is 3. The quantitative estimate of drug-likeness (QED) is 0.801. The summed E-state index contributed by atoms with van der Waals surface area (Å²) in [6.45, 7) is 4.60. The Bertz CT molecular complexity index is 552. The highest BCUT2D eigenvalue weighted by molar-refractivity contribution is 5.72. The van der Waals surface area contributed by atoms with E-state index in [4.69, 9.17) is 4.74 Å². The maximum atomic E-state index is 13.1. The summed E-state index contributed by atoms with van der Waals surface area (Å²) < 4.78 is 18.7. The lowest BCUT2D eigenvalue weighted by Gasteiger charge is -2.42. The molecule has 4 heteroatoms. The molecule has 2 aliphatic heterocycles. The molecule has 0 saturated carbocycles. The van der Waals surface area contributed by atoms with Gasteiger partial charge in [-0.25, -0.2) is 4.39 Å². The number of hydrogen-bond donors (Lipinski definition) is 0. The van der Waals surface area contributed by atoms with Crippen molar-refractivity contribution in [2.75, 3.05) is 19.6 Å². The van der Waals surface area contributed by atoms with Crippen molar-refractivity contribution in [1.82, 2.24) is 4.90 Å². The number of nitrogens with zero attached hydrogens (tertiary/aromatic N) is 1. The van der Waals surface area contributed by atoms with Crippen molar-refractivity contribution in [3.8, 4) is 0 Å². The summed E-state index contributed by atoms with van der Waals surface area (Å²) >= 11 is 0. The number of piperidine rings is 1. The fourth-order valence-electron chi connectivity index (χ4n) is 3.21. The summed E-state index contributed by atoms with van der Waals surface area (Å²) in [5.41, 5.74) is 2.21. The minimum absolute atomic E-state index is 0.0645. The molecule has 0 amide bonds. The van der Waals surface area contributed by atoms with Crippen molar-refractivity contribution < 1.29 is 13.9 Å². The third-order valence-electron chi connectivity index (χ3n) is 4.35. The Morgan fingerprint density at radius 1 is 1.38 bits per heavy atom. The second kappa shape index (κ2) is 5.98. The minimum Gasteiger partial charge on any atom is -0.462 e. The van der Waals surface area contributed by atoms with E-state index in [2.05, 4.69) is 11.0 Å². The van der Waals surface area contributed by atoms with Crippen molar-refractivity contribution >= 4 is 11.5 Å². The zero-order chi connectivity index (χ0) is 14.8. The smallest absolute Gasteiger partial charge is 0.305 e. The zero-order valence-electron chi connectivity index (χ0n) is 12.2. The van der Waals surface area contributed by atoms with Gasteiger partial charge in [0.2, 0.25) is 0 Å². The summed E-state index contributed by atoms with van der Waals surface area (Å²) in [7, 11) is 0. The predicted octanol–water partition coefficient (Wildman–Crippen LogP) is 2.87. The van der Waals surface area contributed by atoms with Crippen molar-refractivity contribution in [2.45, 2.75) is 25.9 Å². The monoisotopic (exact) mass is 289 g/mol. The van der Waals surface area contributed by atoms with Crippen LogP contribution in [0.1, 0.15) is 25.3 Å². The van der Waals surface area contributed by atoms with Gasteiger partial charge < -0.3 is 4.74 Å². The van der Waals surface area contributed by atoms with Crippen LogP contribution in [-0.4, -0.2) is 36.6 Å². The van der Waals surface area contributed by atoms with Gasteiger partial charge in [0.15, 0.2) is 0 Å². The number of carbonyl (C=O) groups is 1. The zero-order valence-corrected chi connectivity index (χ0v) is 12.2. The fourth-order valence-corrected chi connectivity index (χ4v) is 3.21. The minimum atomic E-state index is -0.227. The lowest BCUT2D eigenvalue weighted by Crippen LogP contribution is -2.47. The van der Waals surface area contributed by atoms with E-state index in [0.29, 0.717) is 6.42 Å². The number of benzene rings is 1. The Balaban J connectivity index is 1.85. The van der Waals surface area contributed by atoms with Crippen molar-refractivity contribution in [2.24, 2.45) is 5.92 Å². The Hall–Kier alpha value is -1.68. The van der Waals surface area contributed by atoms with Gasteiger partial charge in [0, 0.05) is 32.0 Å². The first-order valence-corrected chi connectivity index (χ1v) is 7.55. The number of carbonyl (C=O) groups excluding carboxylic acids is 1. The summed E-state index contributed by atoms with van der Waals surface area (Å²) in [6.07, 6.45) is 3.40. The maximum absolute atomic E-state index is 13.1. The van der Waals surface area contributed by atoms with E-state index in [9.17, 15) is 9.18 Å². The molecule has 1 saturated heterocycles. The summed E-state index contributed by atoms with van der Waals surface area (Å²) in [4.78, 5) is 14.0. The molecule has 1 unspecified atom stereocenters. The van der Waals surface area contributed by atoms with Crippen LogP contribution in [-0.2, 0) is 9.53 Å². The molecular weight excluding hydrogens is 269 g/mol. The van der Waals surface area contributed by atoms with Crippen LogP contribution in [0.5, 0.6) is 0 Å². The molecule has 2 aliphatic rings.